The third-order valence-electron chi connectivity index (χ3n) is 5.14. The van der Waals surface area contributed by atoms with Gasteiger partial charge in [0.1, 0.15) is 18.1 Å². The topological polar surface area (TPSA) is 90.4 Å². The number of hydrogen-bond donors (Lipinski definition) is 2. The minimum atomic E-state index is -0.569. The van der Waals surface area contributed by atoms with Crippen molar-refractivity contribution < 1.29 is 14.6 Å². The first-order valence-corrected chi connectivity index (χ1v) is 12.2. The summed E-state index contributed by atoms with van der Waals surface area (Å²) in [5.74, 6) is 0.313. The van der Waals surface area contributed by atoms with Gasteiger partial charge in [-0.1, -0.05) is 18.2 Å². The summed E-state index contributed by atoms with van der Waals surface area (Å²) in [7, 11) is 0. The van der Waals surface area contributed by atoms with Crippen molar-refractivity contribution >= 4 is 28.6 Å². The Hall–Kier alpha value is -2.94. The first-order valence-electron chi connectivity index (χ1n) is 10.4. The van der Waals surface area contributed by atoms with Crippen LogP contribution in [0.5, 0.6) is 5.75 Å². The van der Waals surface area contributed by atoms with Crippen LogP contribution in [0, 0.1) is 0 Å². The van der Waals surface area contributed by atoms with E-state index in [1.807, 2.05) is 18.2 Å². The van der Waals surface area contributed by atoms with Gasteiger partial charge in [0.15, 0.2) is 0 Å². The lowest BCUT2D eigenvalue weighted by atomic mass is 10.0. The van der Waals surface area contributed by atoms with E-state index in [-0.39, 0.29) is 5.69 Å². The molecule has 166 valence electrons. The van der Waals surface area contributed by atoms with Crippen LogP contribution in [0.4, 0.5) is 0 Å². The highest BCUT2D eigenvalue weighted by Gasteiger charge is 2.11. The fourth-order valence-electron chi connectivity index (χ4n) is 3.49. The number of ether oxygens (including phenoxy) is 1. The van der Waals surface area contributed by atoms with Gasteiger partial charge in [-0.3, -0.25) is 4.79 Å². The van der Waals surface area contributed by atoms with Crippen LogP contribution in [0.2, 0.25) is 0 Å². The van der Waals surface area contributed by atoms with E-state index in [9.17, 15) is 9.90 Å². The van der Waals surface area contributed by atoms with E-state index in [0.717, 1.165) is 24.2 Å². The molecule has 1 atom stereocenters. The van der Waals surface area contributed by atoms with E-state index in [4.69, 9.17) is 10.5 Å². The van der Waals surface area contributed by atoms with Gasteiger partial charge in [-0.2, -0.15) is 11.3 Å². The molecule has 1 unspecified atom stereocenters. The molecule has 0 bridgehead atoms. The molecule has 32 heavy (non-hydrogen) atoms. The fraction of sp³-hybridized carbons (Fsp3) is 0.250. The molecule has 1 aromatic carbocycles. The highest BCUT2D eigenvalue weighted by molar-refractivity contribution is 7.10. The summed E-state index contributed by atoms with van der Waals surface area (Å²) in [5, 5.41) is 16.7. The maximum Gasteiger partial charge on any atom is 0.268 e. The SMILES string of the molecule is NC(=O)c1cn(CC(O)CCCc2ccccc2OCc2cc(-c3ccsc3)cs2)cn1. The van der Waals surface area contributed by atoms with Gasteiger partial charge in [-0.05, 0) is 70.3 Å². The van der Waals surface area contributed by atoms with Gasteiger partial charge in [0.05, 0.1) is 12.4 Å². The van der Waals surface area contributed by atoms with Crippen LogP contribution >= 0.6 is 22.7 Å². The standard InChI is InChI=1S/C24H25N3O3S2/c25-24(29)22-12-27(16-26-22)11-20(28)6-3-5-17-4-1-2-7-23(17)30-13-21-10-19(15-32-21)18-8-9-31-14-18/h1-2,4,7-10,12,14-16,20,28H,3,5-6,11,13H2,(H2,25,29). The molecule has 0 fully saturated rings. The maximum atomic E-state index is 11.1. The number of primary amides is 1. The third kappa shape index (κ3) is 5.85. The van der Waals surface area contributed by atoms with Crippen LogP contribution in [0.3, 0.4) is 0 Å². The number of carbonyl (C=O) groups is 1. The Morgan fingerprint density at radius 3 is 2.88 bits per heavy atom. The van der Waals surface area contributed by atoms with E-state index < -0.39 is 12.0 Å². The summed E-state index contributed by atoms with van der Waals surface area (Å²) in [6.07, 6.45) is 4.81. The lowest BCUT2D eigenvalue weighted by Crippen LogP contribution is -2.15. The molecule has 6 nitrogen and oxygen atoms in total. The maximum absolute atomic E-state index is 11.1. The second kappa shape index (κ2) is 10.6. The lowest BCUT2D eigenvalue weighted by Gasteiger charge is -2.13. The second-order valence-corrected chi connectivity index (χ2v) is 9.35. The average molecular weight is 468 g/mol. The summed E-state index contributed by atoms with van der Waals surface area (Å²) in [4.78, 5) is 16.3. The molecule has 0 spiro atoms. The lowest BCUT2D eigenvalue weighted by molar-refractivity contribution is 0.0995. The number of nitrogens with zero attached hydrogens (tertiary/aromatic N) is 2. The molecule has 8 heteroatoms. The number of rotatable bonds is 11. The van der Waals surface area contributed by atoms with Crippen LogP contribution in [-0.4, -0.2) is 26.7 Å². The largest absolute Gasteiger partial charge is 0.488 e. The number of amides is 1. The summed E-state index contributed by atoms with van der Waals surface area (Å²) in [5.41, 5.74) is 9.03. The average Bonchev–Trinajstić information content (AvgIpc) is 3.54. The van der Waals surface area contributed by atoms with Crippen LogP contribution in [0.25, 0.3) is 11.1 Å². The zero-order chi connectivity index (χ0) is 22.3. The quantitative estimate of drug-likeness (QED) is 0.333. The number of aromatic nitrogens is 2. The van der Waals surface area contributed by atoms with E-state index in [2.05, 4.69) is 39.3 Å². The summed E-state index contributed by atoms with van der Waals surface area (Å²) in [6, 6.07) is 12.4. The monoisotopic (exact) mass is 467 g/mol. The predicted octanol–water partition coefficient (Wildman–Crippen LogP) is 4.73. The molecule has 4 rings (SSSR count). The number of thiophene rings is 2. The molecule has 0 radical (unpaired) electrons. The normalized spacial score (nSPS) is 12.0. The molecule has 0 aliphatic rings. The van der Waals surface area contributed by atoms with Gasteiger partial charge in [0, 0.05) is 17.6 Å². The highest BCUT2D eigenvalue weighted by atomic mass is 32.1. The number of hydrogen-bond acceptors (Lipinski definition) is 6. The Balaban J connectivity index is 1.27. The highest BCUT2D eigenvalue weighted by Crippen LogP contribution is 2.29. The van der Waals surface area contributed by atoms with Gasteiger partial charge < -0.3 is 20.1 Å². The number of nitrogens with two attached hydrogens (primary N) is 1. The molecular formula is C24H25N3O3S2. The fourth-order valence-corrected chi connectivity index (χ4v) is 4.96. The van der Waals surface area contributed by atoms with Crippen LogP contribution in [0.1, 0.15) is 33.8 Å². The molecular weight excluding hydrogens is 442 g/mol. The Morgan fingerprint density at radius 1 is 1.22 bits per heavy atom. The van der Waals surface area contributed by atoms with Gasteiger partial charge in [-0.25, -0.2) is 4.98 Å². The number of aliphatic hydroxyl groups is 1. The Labute approximate surface area is 194 Å². The third-order valence-corrected chi connectivity index (χ3v) is 6.74. The van der Waals surface area contributed by atoms with Crippen molar-refractivity contribution in [2.45, 2.75) is 38.5 Å². The molecule has 0 aliphatic heterocycles. The minimum absolute atomic E-state index is 0.205. The van der Waals surface area contributed by atoms with Crippen molar-refractivity contribution in [2.24, 2.45) is 5.73 Å². The van der Waals surface area contributed by atoms with Crippen LogP contribution in [0.15, 0.2) is 65.1 Å². The summed E-state index contributed by atoms with van der Waals surface area (Å²) >= 11 is 3.41. The Morgan fingerprint density at radius 2 is 2.09 bits per heavy atom. The number of carbonyl (C=O) groups excluding carboxylic acids is 1. The molecule has 0 aliphatic carbocycles. The van der Waals surface area contributed by atoms with E-state index >= 15 is 0 Å². The molecule has 1 amide bonds. The van der Waals surface area contributed by atoms with Crippen molar-refractivity contribution in [1.29, 1.82) is 0 Å². The Kier molecular flexibility index (Phi) is 7.36. The smallest absolute Gasteiger partial charge is 0.268 e. The summed E-state index contributed by atoms with van der Waals surface area (Å²) in [6.45, 7) is 0.917. The number of aryl methyl sites for hydroxylation is 1. The van der Waals surface area contributed by atoms with Crippen molar-refractivity contribution in [3.05, 3.63) is 81.2 Å². The van der Waals surface area contributed by atoms with Gasteiger partial charge >= 0.3 is 0 Å². The molecule has 4 aromatic rings. The molecule has 0 saturated carbocycles. The molecule has 3 heterocycles. The molecule has 0 saturated heterocycles. The minimum Gasteiger partial charge on any atom is -0.488 e. The number of benzene rings is 1. The van der Waals surface area contributed by atoms with Gasteiger partial charge in [0.25, 0.3) is 5.91 Å². The number of aliphatic hydroxyl groups excluding tert-OH is 1. The zero-order valence-electron chi connectivity index (χ0n) is 17.5. The van der Waals surface area contributed by atoms with Crippen LogP contribution in [-0.2, 0) is 19.6 Å². The van der Waals surface area contributed by atoms with Crippen molar-refractivity contribution in [3.63, 3.8) is 0 Å². The second-order valence-electron chi connectivity index (χ2n) is 7.58. The summed E-state index contributed by atoms with van der Waals surface area (Å²) < 4.78 is 7.81. The molecule has 3 aromatic heterocycles. The van der Waals surface area contributed by atoms with E-state index in [1.54, 1.807) is 33.4 Å². The number of imidazole rings is 1. The van der Waals surface area contributed by atoms with Gasteiger partial charge in [0.2, 0.25) is 0 Å². The van der Waals surface area contributed by atoms with Gasteiger partial charge in [-0.15, -0.1) is 11.3 Å². The predicted molar refractivity (Wildman–Crippen MR) is 128 cm³/mol. The van der Waals surface area contributed by atoms with Crippen molar-refractivity contribution in [2.75, 3.05) is 0 Å². The van der Waals surface area contributed by atoms with Crippen LogP contribution < -0.4 is 10.5 Å². The molecule has 3 N–H and O–H groups in total. The van der Waals surface area contributed by atoms with Crippen molar-refractivity contribution in [1.82, 2.24) is 9.55 Å². The Bertz CT molecular complexity index is 1150. The zero-order valence-corrected chi connectivity index (χ0v) is 19.1. The van der Waals surface area contributed by atoms with Crippen molar-refractivity contribution in [3.8, 4) is 16.9 Å². The first-order chi connectivity index (χ1) is 15.6. The first kappa shape index (κ1) is 22.3. The van der Waals surface area contributed by atoms with E-state index in [1.165, 1.54) is 22.3 Å². The number of para-hydroxylation sites is 1. The van der Waals surface area contributed by atoms with E-state index in [0.29, 0.717) is 19.6 Å².